The standard InChI is InChI=1S/C7H5ClF2N2O2/c8-6(14)5-4(11)2(7(9)10)1-3(13)12-5/h1,7H,11H2,(H,12,13). The molecule has 1 rings (SSSR count). The van der Waals surface area contributed by atoms with Gasteiger partial charge < -0.3 is 10.7 Å². The first-order valence-electron chi connectivity index (χ1n) is 3.44. The van der Waals surface area contributed by atoms with E-state index < -0.39 is 34.2 Å². The van der Waals surface area contributed by atoms with E-state index in [9.17, 15) is 18.4 Å². The predicted octanol–water partition coefficient (Wildman–Crippen LogP) is 1.27. The number of H-pyrrole nitrogens is 1. The van der Waals surface area contributed by atoms with Crippen molar-refractivity contribution in [3.05, 3.63) is 27.7 Å². The molecule has 0 aliphatic rings. The summed E-state index contributed by atoms with van der Waals surface area (Å²) in [5.74, 6) is 0. The van der Waals surface area contributed by atoms with Gasteiger partial charge in [0.05, 0.1) is 5.69 Å². The molecule has 3 N–H and O–H groups in total. The molecule has 0 fully saturated rings. The normalized spacial score (nSPS) is 10.6. The molecule has 0 aliphatic heterocycles. The van der Waals surface area contributed by atoms with Crippen LogP contribution in [-0.4, -0.2) is 10.2 Å². The number of hydrogen-bond acceptors (Lipinski definition) is 3. The Balaban J connectivity index is 3.48. The minimum Gasteiger partial charge on any atom is -0.397 e. The van der Waals surface area contributed by atoms with Crippen LogP contribution in [0.4, 0.5) is 14.5 Å². The van der Waals surface area contributed by atoms with E-state index in [4.69, 9.17) is 17.3 Å². The van der Waals surface area contributed by atoms with Crippen molar-refractivity contribution in [2.45, 2.75) is 6.43 Å². The average Bonchev–Trinajstić information content (AvgIpc) is 2.07. The molecule has 1 aromatic heterocycles. The molecule has 1 heterocycles. The van der Waals surface area contributed by atoms with E-state index in [1.165, 1.54) is 0 Å². The van der Waals surface area contributed by atoms with Crippen LogP contribution >= 0.6 is 11.6 Å². The minimum atomic E-state index is -2.92. The van der Waals surface area contributed by atoms with Crippen molar-refractivity contribution in [1.82, 2.24) is 4.98 Å². The Bertz CT molecular complexity index is 430. The summed E-state index contributed by atoms with van der Waals surface area (Å²) >= 11 is 5.02. The van der Waals surface area contributed by atoms with Crippen LogP contribution < -0.4 is 11.3 Å². The van der Waals surface area contributed by atoms with Gasteiger partial charge in [0.2, 0.25) is 5.56 Å². The molecular weight excluding hydrogens is 218 g/mol. The van der Waals surface area contributed by atoms with Gasteiger partial charge in [-0.25, -0.2) is 8.78 Å². The van der Waals surface area contributed by atoms with Gasteiger partial charge in [-0.15, -0.1) is 0 Å². The second kappa shape index (κ2) is 3.75. The molecule has 0 aliphatic carbocycles. The van der Waals surface area contributed by atoms with Crippen molar-refractivity contribution in [3.63, 3.8) is 0 Å². The van der Waals surface area contributed by atoms with Gasteiger partial charge in [0, 0.05) is 11.6 Å². The number of aromatic amines is 1. The number of nitrogens with two attached hydrogens (primary N) is 1. The Morgan fingerprint density at radius 3 is 2.57 bits per heavy atom. The summed E-state index contributed by atoms with van der Waals surface area (Å²) in [5.41, 5.74) is 2.65. The molecular formula is C7H5ClF2N2O2. The van der Waals surface area contributed by atoms with Crippen molar-refractivity contribution in [3.8, 4) is 0 Å². The van der Waals surface area contributed by atoms with E-state index in [2.05, 4.69) is 0 Å². The highest BCUT2D eigenvalue weighted by atomic mass is 35.5. The third-order valence-electron chi connectivity index (χ3n) is 1.55. The first kappa shape index (κ1) is 10.6. The number of hydrogen-bond donors (Lipinski definition) is 2. The number of nitrogen functional groups attached to an aromatic ring is 1. The molecule has 0 unspecified atom stereocenters. The predicted molar refractivity (Wildman–Crippen MR) is 46.6 cm³/mol. The number of nitrogens with one attached hydrogen (secondary N) is 1. The molecule has 0 saturated carbocycles. The number of anilines is 1. The fourth-order valence-corrected chi connectivity index (χ4v) is 1.07. The number of aromatic nitrogens is 1. The highest BCUT2D eigenvalue weighted by Crippen LogP contribution is 2.25. The summed E-state index contributed by atoms with van der Waals surface area (Å²) in [6.07, 6.45) is -2.92. The zero-order valence-electron chi connectivity index (χ0n) is 6.68. The second-order valence-corrected chi connectivity index (χ2v) is 2.80. The van der Waals surface area contributed by atoms with Gasteiger partial charge in [-0.05, 0) is 11.6 Å². The number of alkyl halides is 2. The molecule has 1 aromatic rings. The van der Waals surface area contributed by atoms with Gasteiger partial charge >= 0.3 is 0 Å². The van der Waals surface area contributed by atoms with Crippen molar-refractivity contribution in [2.24, 2.45) is 0 Å². The highest BCUT2D eigenvalue weighted by molar-refractivity contribution is 6.68. The molecule has 7 heteroatoms. The Hall–Kier alpha value is -1.43. The Labute approximate surface area is 81.7 Å². The van der Waals surface area contributed by atoms with Crippen LogP contribution in [0.1, 0.15) is 22.5 Å². The average molecular weight is 223 g/mol. The van der Waals surface area contributed by atoms with E-state index >= 15 is 0 Å². The molecule has 0 amide bonds. The summed E-state index contributed by atoms with van der Waals surface area (Å²) in [5, 5.41) is -1.08. The minimum absolute atomic E-state index is 0.500. The number of pyridine rings is 1. The number of halogens is 3. The first-order chi connectivity index (χ1) is 6.43. The fourth-order valence-electron chi connectivity index (χ4n) is 0.926. The molecule has 0 spiro atoms. The van der Waals surface area contributed by atoms with Gasteiger partial charge in [-0.3, -0.25) is 9.59 Å². The third-order valence-corrected chi connectivity index (χ3v) is 1.74. The molecule has 76 valence electrons. The van der Waals surface area contributed by atoms with E-state index in [1.807, 2.05) is 4.98 Å². The van der Waals surface area contributed by atoms with Crippen molar-refractivity contribution in [1.29, 1.82) is 0 Å². The SMILES string of the molecule is Nc1c(C(F)F)cc(=O)[nH]c1C(=O)Cl. The Kier molecular flexibility index (Phi) is 2.85. The Morgan fingerprint density at radius 2 is 2.14 bits per heavy atom. The monoisotopic (exact) mass is 222 g/mol. The fraction of sp³-hybridized carbons (Fsp3) is 0.143. The molecule has 0 atom stereocenters. The molecule has 4 nitrogen and oxygen atoms in total. The van der Waals surface area contributed by atoms with Gasteiger partial charge in [-0.2, -0.15) is 0 Å². The van der Waals surface area contributed by atoms with Crippen LogP contribution in [0.15, 0.2) is 10.9 Å². The highest BCUT2D eigenvalue weighted by Gasteiger charge is 2.18. The van der Waals surface area contributed by atoms with Crippen LogP contribution in [0.2, 0.25) is 0 Å². The molecule has 14 heavy (non-hydrogen) atoms. The summed E-state index contributed by atoms with van der Waals surface area (Å²) in [7, 11) is 0. The van der Waals surface area contributed by atoms with Crippen molar-refractivity contribution >= 4 is 22.5 Å². The van der Waals surface area contributed by atoms with E-state index in [-0.39, 0.29) is 0 Å². The number of carbonyl (C=O) groups excluding carboxylic acids is 1. The zero-order chi connectivity index (χ0) is 10.9. The van der Waals surface area contributed by atoms with Crippen LogP contribution in [0.3, 0.4) is 0 Å². The number of carbonyl (C=O) groups is 1. The van der Waals surface area contributed by atoms with Gasteiger partial charge in [-0.1, -0.05) is 0 Å². The van der Waals surface area contributed by atoms with Gasteiger partial charge in [0.25, 0.3) is 11.7 Å². The number of rotatable bonds is 2. The molecule has 0 aromatic carbocycles. The summed E-state index contributed by atoms with van der Waals surface area (Å²) in [6.45, 7) is 0. The lowest BCUT2D eigenvalue weighted by Crippen LogP contribution is -2.15. The lowest BCUT2D eigenvalue weighted by Gasteiger charge is -2.06. The quantitative estimate of drug-likeness (QED) is 0.740. The summed E-state index contributed by atoms with van der Waals surface area (Å²) < 4.78 is 24.5. The van der Waals surface area contributed by atoms with Crippen LogP contribution in [0.25, 0.3) is 0 Å². The second-order valence-electron chi connectivity index (χ2n) is 2.45. The van der Waals surface area contributed by atoms with Crippen LogP contribution in [0.5, 0.6) is 0 Å². The van der Waals surface area contributed by atoms with Gasteiger partial charge in [0.15, 0.2) is 0 Å². The first-order valence-corrected chi connectivity index (χ1v) is 3.82. The van der Waals surface area contributed by atoms with Crippen LogP contribution in [0, 0.1) is 0 Å². The van der Waals surface area contributed by atoms with Crippen molar-refractivity contribution in [2.75, 3.05) is 5.73 Å². The maximum atomic E-state index is 12.3. The van der Waals surface area contributed by atoms with E-state index in [0.717, 1.165) is 0 Å². The largest absolute Gasteiger partial charge is 0.397 e. The molecule has 0 bridgehead atoms. The lowest BCUT2D eigenvalue weighted by atomic mass is 10.2. The smallest absolute Gasteiger partial charge is 0.270 e. The third kappa shape index (κ3) is 1.90. The maximum absolute atomic E-state index is 12.3. The summed E-state index contributed by atoms with van der Waals surface area (Å²) in [6, 6.07) is 0.628. The van der Waals surface area contributed by atoms with E-state index in [1.54, 1.807) is 0 Å². The van der Waals surface area contributed by atoms with Gasteiger partial charge in [0.1, 0.15) is 5.69 Å². The maximum Gasteiger partial charge on any atom is 0.270 e. The lowest BCUT2D eigenvalue weighted by molar-refractivity contribution is 0.107. The topological polar surface area (TPSA) is 76.0 Å². The van der Waals surface area contributed by atoms with Crippen LogP contribution in [-0.2, 0) is 0 Å². The molecule has 0 radical (unpaired) electrons. The Morgan fingerprint density at radius 1 is 1.57 bits per heavy atom. The van der Waals surface area contributed by atoms with Crippen molar-refractivity contribution < 1.29 is 13.6 Å². The molecule has 0 saturated heterocycles. The van der Waals surface area contributed by atoms with E-state index in [0.29, 0.717) is 6.07 Å². The zero-order valence-corrected chi connectivity index (χ0v) is 7.44. The summed E-state index contributed by atoms with van der Waals surface area (Å²) in [4.78, 5) is 23.5.